The fraction of sp³-hybridized carbons (Fsp3) is 0.455. The van der Waals surface area contributed by atoms with Crippen LogP contribution in [0.25, 0.3) is 0 Å². The predicted octanol–water partition coefficient (Wildman–Crippen LogP) is 3.56. The van der Waals surface area contributed by atoms with E-state index in [1.807, 2.05) is 23.9 Å². The van der Waals surface area contributed by atoms with Crippen molar-refractivity contribution in [2.45, 2.75) is 24.5 Å². The minimum Gasteiger partial charge on any atom is -0.239 e. The van der Waals surface area contributed by atoms with Crippen molar-refractivity contribution in [1.82, 2.24) is 4.98 Å². The van der Waals surface area contributed by atoms with Crippen LogP contribution in [0, 0.1) is 11.3 Å². The maximum absolute atomic E-state index is 8.74. The molecule has 15 heavy (non-hydrogen) atoms. The molecule has 1 saturated heterocycles. The summed E-state index contributed by atoms with van der Waals surface area (Å²) in [5.74, 6) is 1.20. The van der Waals surface area contributed by atoms with Gasteiger partial charge in [-0.15, -0.1) is 0 Å². The first-order valence-corrected chi connectivity index (χ1v) is 6.42. The molecule has 78 valence electrons. The van der Waals surface area contributed by atoms with Crippen LogP contribution in [-0.4, -0.2) is 10.7 Å². The first-order valence-electron chi connectivity index (χ1n) is 4.99. The van der Waals surface area contributed by atoms with E-state index in [1.165, 1.54) is 25.0 Å². The van der Waals surface area contributed by atoms with E-state index >= 15 is 0 Å². The lowest BCUT2D eigenvalue weighted by molar-refractivity contribution is 0.676. The van der Waals surface area contributed by atoms with Gasteiger partial charge >= 0.3 is 0 Å². The van der Waals surface area contributed by atoms with Gasteiger partial charge in [-0.05, 0) is 30.7 Å². The Morgan fingerprint density at radius 1 is 1.47 bits per heavy atom. The number of pyridine rings is 1. The van der Waals surface area contributed by atoms with Gasteiger partial charge in [-0.3, -0.25) is 0 Å². The van der Waals surface area contributed by atoms with Crippen molar-refractivity contribution in [3.63, 3.8) is 0 Å². The molecule has 0 N–H and O–H groups in total. The summed E-state index contributed by atoms with van der Waals surface area (Å²) < 4.78 is 0. The SMILES string of the molecule is N#Cc1ccc(C2CCCCS2)nc1Cl. The topological polar surface area (TPSA) is 36.7 Å². The van der Waals surface area contributed by atoms with Crippen molar-refractivity contribution in [3.05, 3.63) is 28.5 Å². The maximum atomic E-state index is 8.74. The van der Waals surface area contributed by atoms with E-state index in [0.717, 1.165) is 5.69 Å². The summed E-state index contributed by atoms with van der Waals surface area (Å²) in [4.78, 5) is 4.29. The van der Waals surface area contributed by atoms with Gasteiger partial charge in [-0.25, -0.2) is 4.98 Å². The van der Waals surface area contributed by atoms with E-state index in [2.05, 4.69) is 4.98 Å². The first-order chi connectivity index (χ1) is 7.31. The number of hydrogen-bond acceptors (Lipinski definition) is 3. The Hall–Kier alpha value is -0.720. The molecule has 1 unspecified atom stereocenters. The van der Waals surface area contributed by atoms with Crippen molar-refractivity contribution < 1.29 is 0 Å². The van der Waals surface area contributed by atoms with Crippen LogP contribution >= 0.6 is 23.4 Å². The van der Waals surface area contributed by atoms with Crippen molar-refractivity contribution >= 4 is 23.4 Å². The fourth-order valence-electron chi connectivity index (χ4n) is 1.69. The minimum absolute atomic E-state index is 0.334. The van der Waals surface area contributed by atoms with Gasteiger partial charge in [0.25, 0.3) is 0 Å². The van der Waals surface area contributed by atoms with Gasteiger partial charge < -0.3 is 0 Å². The Labute approximate surface area is 98.7 Å². The molecule has 0 spiro atoms. The van der Waals surface area contributed by atoms with Crippen LogP contribution in [0.3, 0.4) is 0 Å². The quantitative estimate of drug-likeness (QED) is 0.702. The molecule has 2 rings (SSSR count). The summed E-state index contributed by atoms with van der Waals surface area (Å²) in [6.45, 7) is 0. The van der Waals surface area contributed by atoms with E-state index in [0.29, 0.717) is 16.0 Å². The molecule has 4 heteroatoms. The number of thioether (sulfide) groups is 1. The molecular weight excluding hydrogens is 228 g/mol. The number of rotatable bonds is 1. The number of hydrogen-bond donors (Lipinski definition) is 0. The standard InChI is InChI=1S/C11H11ClN2S/c12-11-8(7-13)4-5-9(14-11)10-3-1-2-6-15-10/h4-5,10H,1-3,6H2. The lowest BCUT2D eigenvalue weighted by atomic mass is 10.1. The second-order valence-corrected chi connectivity index (χ2v) is 5.21. The first kappa shape index (κ1) is 10.8. The third kappa shape index (κ3) is 2.45. The monoisotopic (exact) mass is 238 g/mol. The average molecular weight is 239 g/mol. The van der Waals surface area contributed by atoms with Crippen LogP contribution < -0.4 is 0 Å². The Morgan fingerprint density at radius 2 is 2.33 bits per heavy atom. The van der Waals surface area contributed by atoms with Gasteiger partial charge in [0.2, 0.25) is 0 Å². The van der Waals surface area contributed by atoms with Gasteiger partial charge in [0, 0.05) is 5.25 Å². The lowest BCUT2D eigenvalue weighted by Gasteiger charge is -2.20. The van der Waals surface area contributed by atoms with Crippen molar-refractivity contribution in [1.29, 1.82) is 5.26 Å². The molecular formula is C11H11ClN2S. The molecule has 1 fully saturated rings. The Morgan fingerprint density at radius 3 is 2.93 bits per heavy atom. The zero-order valence-electron chi connectivity index (χ0n) is 8.24. The van der Waals surface area contributed by atoms with Crippen molar-refractivity contribution in [3.8, 4) is 6.07 Å². The van der Waals surface area contributed by atoms with Gasteiger partial charge in [0.15, 0.2) is 0 Å². The Kier molecular flexibility index (Phi) is 3.50. The van der Waals surface area contributed by atoms with Gasteiger partial charge in [0.05, 0.1) is 11.3 Å². The third-order valence-electron chi connectivity index (χ3n) is 2.50. The van der Waals surface area contributed by atoms with Crippen LogP contribution in [0.15, 0.2) is 12.1 Å². The van der Waals surface area contributed by atoms with Crippen molar-refractivity contribution in [2.24, 2.45) is 0 Å². The largest absolute Gasteiger partial charge is 0.239 e. The van der Waals surface area contributed by atoms with E-state index in [9.17, 15) is 0 Å². The summed E-state index contributed by atoms with van der Waals surface area (Å²) in [6.07, 6.45) is 3.72. The number of halogens is 1. The highest BCUT2D eigenvalue weighted by atomic mass is 35.5. The Bertz CT molecular complexity index is 394. The molecule has 0 radical (unpaired) electrons. The minimum atomic E-state index is 0.334. The number of aromatic nitrogens is 1. The Balaban J connectivity index is 2.22. The molecule has 1 atom stereocenters. The highest BCUT2D eigenvalue weighted by Gasteiger charge is 2.18. The fourth-order valence-corrected chi connectivity index (χ4v) is 3.18. The summed E-state index contributed by atoms with van der Waals surface area (Å²) in [6, 6.07) is 5.71. The van der Waals surface area contributed by atoms with Crippen LogP contribution in [0.2, 0.25) is 5.15 Å². The van der Waals surface area contributed by atoms with Gasteiger partial charge in [-0.1, -0.05) is 18.0 Å². The molecule has 0 amide bonds. The smallest absolute Gasteiger partial charge is 0.147 e. The van der Waals surface area contributed by atoms with E-state index in [-0.39, 0.29) is 0 Å². The summed E-state index contributed by atoms with van der Waals surface area (Å²) in [5.41, 5.74) is 1.48. The predicted molar refractivity (Wildman–Crippen MR) is 63.0 cm³/mol. The lowest BCUT2D eigenvalue weighted by Crippen LogP contribution is -2.04. The van der Waals surface area contributed by atoms with Crippen LogP contribution in [0.5, 0.6) is 0 Å². The summed E-state index contributed by atoms with van der Waals surface area (Å²) >= 11 is 7.84. The second kappa shape index (κ2) is 4.87. The number of nitrogens with zero attached hydrogens (tertiary/aromatic N) is 2. The maximum Gasteiger partial charge on any atom is 0.147 e. The van der Waals surface area contributed by atoms with Crippen LogP contribution in [-0.2, 0) is 0 Å². The normalized spacial score (nSPS) is 20.9. The molecule has 1 aromatic heterocycles. The second-order valence-electron chi connectivity index (χ2n) is 3.54. The molecule has 1 aliphatic heterocycles. The van der Waals surface area contributed by atoms with E-state index in [1.54, 1.807) is 6.07 Å². The summed E-state index contributed by atoms with van der Waals surface area (Å²) in [5, 5.41) is 9.54. The highest BCUT2D eigenvalue weighted by Crippen LogP contribution is 2.37. The number of nitriles is 1. The molecule has 2 nitrogen and oxygen atoms in total. The van der Waals surface area contributed by atoms with Gasteiger partial charge in [0.1, 0.15) is 11.2 Å². The van der Waals surface area contributed by atoms with Gasteiger partial charge in [-0.2, -0.15) is 17.0 Å². The molecule has 2 heterocycles. The third-order valence-corrected chi connectivity index (χ3v) is 4.19. The zero-order chi connectivity index (χ0) is 10.7. The molecule has 0 aromatic carbocycles. The van der Waals surface area contributed by atoms with E-state index < -0.39 is 0 Å². The van der Waals surface area contributed by atoms with Crippen LogP contribution in [0.4, 0.5) is 0 Å². The molecule has 0 saturated carbocycles. The van der Waals surface area contributed by atoms with Crippen LogP contribution in [0.1, 0.15) is 35.8 Å². The molecule has 0 bridgehead atoms. The molecule has 0 aliphatic carbocycles. The van der Waals surface area contributed by atoms with Crippen molar-refractivity contribution in [2.75, 3.05) is 5.75 Å². The summed E-state index contributed by atoms with van der Waals surface area (Å²) in [7, 11) is 0. The highest BCUT2D eigenvalue weighted by molar-refractivity contribution is 7.99. The molecule has 1 aromatic rings. The molecule has 1 aliphatic rings. The average Bonchev–Trinajstić information content (AvgIpc) is 2.30. The van der Waals surface area contributed by atoms with E-state index in [4.69, 9.17) is 16.9 Å². The zero-order valence-corrected chi connectivity index (χ0v) is 9.81.